The van der Waals surface area contributed by atoms with Crippen LogP contribution in [0, 0.1) is 11.5 Å². The molecule has 2 N–H and O–H groups in total. The largest absolute Gasteiger partial charge is 0.507 e. The molecule has 6 heteroatoms. The monoisotopic (exact) mass is 382 g/mol. The van der Waals surface area contributed by atoms with Crippen LogP contribution in [0.25, 0.3) is 0 Å². The number of hydrogen-bond acceptors (Lipinski definition) is 5. The molecule has 2 rings (SSSR count). The zero-order chi connectivity index (χ0) is 20.2. The summed E-state index contributed by atoms with van der Waals surface area (Å²) in [5.74, 6) is 3.13. The van der Waals surface area contributed by atoms with Crippen molar-refractivity contribution in [1.29, 1.82) is 0 Å². The number of benzene rings is 1. The van der Waals surface area contributed by atoms with Crippen LogP contribution in [0.2, 0.25) is 19.6 Å². The van der Waals surface area contributed by atoms with Crippen molar-refractivity contribution in [2.24, 2.45) is 5.16 Å². The van der Waals surface area contributed by atoms with Gasteiger partial charge in [-0.15, -0.1) is 5.54 Å². The van der Waals surface area contributed by atoms with Crippen molar-refractivity contribution in [3.8, 4) is 23.0 Å². The highest BCUT2D eigenvalue weighted by Gasteiger charge is 2.20. The standard InChI is InChI=1S/C21H26N2O3Si/c1-21(2,3)26-23-19(20-18(25)8-7-12-22-20)16-14-15(9-10-17(16)24)11-13-27(4,5)6/h7-10,12,14,24-25H,1-6H3. The van der Waals surface area contributed by atoms with Gasteiger partial charge in [0.05, 0.1) is 0 Å². The highest BCUT2D eigenvalue weighted by molar-refractivity contribution is 6.83. The molecule has 0 aliphatic heterocycles. The van der Waals surface area contributed by atoms with Gasteiger partial charge in [-0.1, -0.05) is 30.7 Å². The van der Waals surface area contributed by atoms with Crippen LogP contribution >= 0.6 is 0 Å². The van der Waals surface area contributed by atoms with Gasteiger partial charge in [-0.2, -0.15) is 0 Å². The van der Waals surface area contributed by atoms with Crippen molar-refractivity contribution in [1.82, 2.24) is 4.98 Å². The van der Waals surface area contributed by atoms with E-state index in [1.807, 2.05) is 20.8 Å². The average molecular weight is 383 g/mol. The summed E-state index contributed by atoms with van der Waals surface area (Å²) in [6, 6.07) is 8.20. The van der Waals surface area contributed by atoms with E-state index in [0.717, 1.165) is 5.56 Å². The van der Waals surface area contributed by atoms with Crippen molar-refractivity contribution in [3.63, 3.8) is 0 Å². The normalized spacial score (nSPS) is 12.3. The van der Waals surface area contributed by atoms with E-state index in [1.54, 1.807) is 30.5 Å². The number of nitrogens with zero attached hydrogens (tertiary/aromatic N) is 2. The maximum absolute atomic E-state index is 10.4. The topological polar surface area (TPSA) is 74.9 Å². The summed E-state index contributed by atoms with van der Waals surface area (Å²) in [4.78, 5) is 9.77. The molecule has 2 aromatic rings. The molecule has 0 aliphatic rings. The number of aromatic hydroxyl groups is 2. The van der Waals surface area contributed by atoms with E-state index in [0.29, 0.717) is 5.56 Å². The molecule has 0 aliphatic carbocycles. The Hall–Kier alpha value is -2.78. The van der Waals surface area contributed by atoms with E-state index in [1.165, 1.54) is 6.07 Å². The highest BCUT2D eigenvalue weighted by atomic mass is 28.3. The molecular weight excluding hydrogens is 356 g/mol. The molecule has 1 aromatic heterocycles. The predicted molar refractivity (Wildman–Crippen MR) is 111 cm³/mol. The van der Waals surface area contributed by atoms with Gasteiger partial charge in [0.1, 0.15) is 36.6 Å². The minimum atomic E-state index is -1.54. The Balaban J connectivity index is 2.62. The molecular formula is C21H26N2O3Si. The zero-order valence-corrected chi connectivity index (χ0v) is 17.7. The number of pyridine rings is 1. The summed E-state index contributed by atoms with van der Waals surface area (Å²) in [5, 5.41) is 24.9. The number of phenols is 1. The lowest BCUT2D eigenvalue weighted by Crippen LogP contribution is -2.18. The van der Waals surface area contributed by atoms with Crippen molar-refractivity contribution >= 4 is 13.8 Å². The molecule has 0 saturated heterocycles. The third-order valence-corrected chi connectivity index (χ3v) is 4.13. The molecule has 27 heavy (non-hydrogen) atoms. The zero-order valence-electron chi connectivity index (χ0n) is 16.7. The summed E-state index contributed by atoms with van der Waals surface area (Å²) in [6.45, 7) is 12.1. The number of aromatic nitrogens is 1. The van der Waals surface area contributed by atoms with Gasteiger partial charge >= 0.3 is 0 Å². The third kappa shape index (κ3) is 6.15. The highest BCUT2D eigenvalue weighted by Crippen LogP contribution is 2.26. The lowest BCUT2D eigenvalue weighted by Gasteiger charge is -2.17. The number of phenolic OH excluding ortho intramolecular Hbond substituents is 1. The van der Waals surface area contributed by atoms with Crippen LogP contribution in [0.5, 0.6) is 11.5 Å². The van der Waals surface area contributed by atoms with E-state index in [-0.39, 0.29) is 22.9 Å². The van der Waals surface area contributed by atoms with Gasteiger partial charge in [-0.25, -0.2) is 0 Å². The van der Waals surface area contributed by atoms with Crippen LogP contribution in [-0.4, -0.2) is 34.6 Å². The second kappa shape index (κ2) is 7.85. The molecule has 0 amide bonds. The quantitative estimate of drug-likeness (QED) is 0.359. The Labute approximate surface area is 161 Å². The second-order valence-electron chi connectivity index (χ2n) is 8.25. The molecule has 0 atom stereocenters. The Bertz CT molecular complexity index is 913. The van der Waals surface area contributed by atoms with E-state index in [9.17, 15) is 10.2 Å². The fourth-order valence-electron chi connectivity index (χ4n) is 2.04. The van der Waals surface area contributed by atoms with Gasteiger partial charge in [-0.3, -0.25) is 4.98 Å². The summed E-state index contributed by atoms with van der Waals surface area (Å²) < 4.78 is 0. The SMILES string of the molecule is CC(C)(C)ON=C(c1cc(C#C[Si](C)(C)C)ccc1O)c1ncccc1O. The Kier molecular flexibility index (Phi) is 5.97. The molecule has 0 spiro atoms. The molecule has 0 fully saturated rings. The maximum Gasteiger partial charge on any atom is 0.143 e. The summed E-state index contributed by atoms with van der Waals surface area (Å²) in [5.41, 5.74) is 4.39. The summed E-state index contributed by atoms with van der Waals surface area (Å²) in [6.07, 6.45) is 1.55. The molecule has 142 valence electrons. The van der Waals surface area contributed by atoms with Gasteiger partial charge < -0.3 is 15.1 Å². The van der Waals surface area contributed by atoms with Crippen LogP contribution in [0.1, 0.15) is 37.6 Å². The molecule has 5 nitrogen and oxygen atoms in total. The Morgan fingerprint density at radius 2 is 1.81 bits per heavy atom. The first-order valence-corrected chi connectivity index (χ1v) is 12.2. The van der Waals surface area contributed by atoms with E-state index in [4.69, 9.17) is 4.84 Å². The molecule has 1 aromatic carbocycles. The van der Waals surface area contributed by atoms with Gasteiger partial charge in [-0.05, 0) is 51.1 Å². The summed E-state index contributed by atoms with van der Waals surface area (Å²) in [7, 11) is -1.54. The Morgan fingerprint density at radius 1 is 1.11 bits per heavy atom. The first kappa shape index (κ1) is 20.5. The fraction of sp³-hybridized carbons (Fsp3) is 0.333. The van der Waals surface area contributed by atoms with Crippen molar-refractivity contribution < 1.29 is 15.1 Å². The molecule has 0 radical (unpaired) electrons. The number of rotatable bonds is 3. The van der Waals surface area contributed by atoms with Crippen molar-refractivity contribution in [3.05, 3.63) is 53.3 Å². The average Bonchev–Trinajstić information content (AvgIpc) is 2.55. The van der Waals surface area contributed by atoms with Gasteiger partial charge in [0.25, 0.3) is 0 Å². The second-order valence-corrected chi connectivity index (χ2v) is 13.0. The van der Waals surface area contributed by atoms with Crippen LogP contribution in [0.3, 0.4) is 0 Å². The molecule has 0 saturated carbocycles. The smallest absolute Gasteiger partial charge is 0.143 e. The van der Waals surface area contributed by atoms with Gasteiger partial charge in [0.2, 0.25) is 0 Å². The summed E-state index contributed by atoms with van der Waals surface area (Å²) >= 11 is 0. The van der Waals surface area contributed by atoms with E-state index >= 15 is 0 Å². The lowest BCUT2D eigenvalue weighted by atomic mass is 10.0. The van der Waals surface area contributed by atoms with Crippen molar-refractivity contribution in [2.45, 2.75) is 46.0 Å². The predicted octanol–water partition coefficient (Wildman–Crippen LogP) is 4.29. The minimum absolute atomic E-state index is 0.00914. The third-order valence-electron chi connectivity index (χ3n) is 3.26. The van der Waals surface area contributed by atoms with E-state index in [2.05, 4.69) is 41.2 Å². The van der Waals surface area contributed by atoms with Crippen LogP contribution in [0.15, 0.2) is 41.7 Å². The van der Waals surface area contributed by atoms with Crippen LogP contribution in [0.4, 0.5) is 0 Å². The first-order valence-electron chi connectivity index (χ1n) is 8.73. The van der Waals surface area contributed by atoms with Crippen LogP contribution < -0.4 is 0 Å². The molecule has 1 heterocycles. The number of hydrogen-bond donors (Lipinski definition) is 2. The first-order chi connectivity index (χ1) is 12.5. The van der Waals surface area contributed by atoms with Crippen LogP contribution in [-0.2, 0) is 4.84 Å². The maximum atomic E-state index is 10.4. The van der Waals surface area contributed by atoms with Gasteiger partial charge in [0, 0.05) is 17.3 Å². The van der Waals surface area contributed by atoms with E-state index < -0.39 is 13.7 Å². The lowest BCUT2D eigenvalue weighted by molar-refractivity contribution is 0.00109. The fourth-order valence-corrected chi connectivity index (χ4v) is 2.56. The minimum Gasteiger partial charge on any atom is -0.507 e. The molecule has 0 bridgehead atoms. The number of oxime groups is 1. The Morgan fingerprint density at radius 3 is 2.41 bits per heavy atom. The van der Waals surface area contributed by atoms with Crippen molar-refractivity contribution in [2.75, 3.05) is 0 Å². The van der Waals surface area contributed by atoms with Gasteiger partial charge in [0.15, 0.2) is 0 Å². The molecule has 0 unspecified atom stereocenters.